The van der Waals surface area contributed by atoms with Crippen molar-refractivity contribution in [2.75, 3.05) is 65.4 Å². The molecule has 0 saturated carbocycles. The van der Waals surface area contributed by atoms with E-state index >= 15 is 0 Å². The number of hydrogen-bond acceptors (Lipinski definition) is 4. The molecule has 2 aliphatic rings. The van der Waals surface area contributed by atoms with E-state index in [4.69, 9.17) is 0 Å². The Morgan fingerprint density at radius 2 is 1.06 bits per heavy atom. The van der Waals surface area contributed by atoms with Gasteiger partial charge in [-0.1, -0.05) is 12.2 Å². The molecule has 2 rings (SSSR count). The summed E-state index contributed by atoms with van der Waals surface area (Å²) in [5, 5.41) is 0. The topological polar surface area (TPSA) is 47.1 Å². The van der Waals surface area contributed by atoms with E-state index in [1.807, 2.05) is 9.80 Å². The van der Waals surface area contributed by atoms with Gasteiger partial charge in [0.2, 0.25) is 11.8 Å². The first-order valence-corrected chi connectivity index (χ1v) is 12.2. The van der Waals surface area contributed by atoms with Crippen molar-refractivity contribution in [2.45, 2.75) is 53.4 Å². The maximum atomic E-state index is 12.7. The van der Waals surface area contributed by atoms with Gasteiger partial charge in [0.1, 0.15) is 0 Å². The molecule has 2 heterocycles. The van der Waals surface area contributed by atoms with Gasteiger partial charge in [-0.25, -0.2) is 0 Å². The van der Waals surface area contributed by atoms with Crippen molar-refractivity contribution in [3.05, 3.63) is 12.2 Å². The molecule has 0 aliphatic carbocycles. The quantitative estimate of drug-likeness (QED) is 0.437. The van der Waals surface area contributed by atoms with Gasteiger partial charge in [-0.2, -0.15) is 0 Å². The third-order valence-electron chi connectivity index (χ3n) is 6.75. The van der Waals surface area contributed by atoms with Gasteiger partial charge in [0.15, 0.2) is 0 Å². The highest BCUT2D eigenvalue weighted by molar-refractivity contribution is 5.85. The molecule has 8 heteroatoms. The number of nitrogens with zero attached hydrogens (tertiary/aromatic N) is 4. The Kier molecular flexibility index (Phi) is 16.3. The summed E-state index contributed by atoms with van der Waals surface area (Å²) in [6, 6.07) is 0. The maximum Gasteiger partial charge on any atom is 0.226 e. The average molecular weight is 494 g/mol. The molecule has 188 valence electrons. The lowest BCUT2D eigenvalue weighted by Crippen LogP contribution is -2.45. The van der Waals surface area contributed by atoms with E-state index in [9.17, 15) is 9.59 Å². The minimum atomic E-state index is 0. The van der Waals surface area contributed by atoms with Gasteiger partial charge in [-0.3, -0.25) is 19.4 Å². The van der Waals surface area contributed by atoms with Crippen LogP contribution in [0, 0.1) is 11.8 Å². The zero-order valence-electron chi connectivity index (χ0n) is 20.6. The fourth-order valence-corrected chi connectivity index (χ4v) is 4.88. The van der Waals surface area contributed by atoms with Gasteiger partial charge in [0.25, 0.3) is 0 Å². The Balaban J connectivity index is 0.00000480. The summed E-state index contributed by atoms with van der Waals surface area (Å²) in [7, 11) is 0. The molecule has 0 N–H and O–H groups in total. The number of carbonyl (C=O) groups excluding carboxylic acids is 2. The lowest BCUT2D eigenvalue weighted by Gasteiger charge is -2.34. The first-order chi connectivity index (χ1) is 14.5. The third kappa shape index (κ3) is 9.20. The third-order valence-corrected chi connectivity index (χ3v) is 6.75. The highest BCUT2D eigenvalue weighted by Crippen LogP contribution is 2.20. The molecule has 2 atom stereocenters. The minimum Gasteiger partial charge on any atom is -0.343 e. The van der Waals surface area contributed by atoms with Crippen molar-refractivity contribution in [1.82, 2.24) is 19.6 Å². The first kappa shape index (κ1) is 31.2. The molecule has 2 amide bonds. The predicted octanol–water partition coefficient (Wildman–Crippen LogP) is 3.55. The molecule has 0 aromatic carbocycles. The van der Waals surface area contributed by atoms with E-state index in [-0.39, 0.29) is 36.6 Å². The SMILES string of the molecule is CCN(CC)C(=O)C1CCCN(CC=CCN2CCCC(C(=O)N(CC)CC)C2)C1.Cl.Cl. The Hall–Kier alpha value is -0.820. The lowest BCUT2D eigenvalue weighted by atomic mass is 9.96. The minimum absolute atomic E-state index is 0. The van der Waals surface area contributed by atoms with E-state index in [1.54, 1.807) is 0 Å². The van der Waals surface area contributed by atoms with Gasteiger partial charge in [-0.15, -0.1) is 24.8 Å². The summed E-state index contributed by atoms with van der Waals surface area (Å²) in [5.41, 5.74) is 0. The maximum absolute atomic E-state index is 12.7. The summed E-state index contributed by atoms with van der Waals surface area (Å²) in [4.78, 5) is 34.1. The van der Waals surface area contributed by atoms with Crippen LogP contribution in [-0.2, 0) is 9.59 Å². The zero-order valence-corrected chi connectivity index (χ0v) is 22.3. The van der Waals surface area contributed by atoms with Crippen molar-refractivity contribution in [3.63, 3.8) is 0 Å². The van der Waals surface area contributed by atoms with Crippen LogP contribution in [0.4, 0.5) is 0 Å². The number of likely N-dealkylation sites (tertiary alicyclic amines) is 2. The second kappa shape index (κ2) is 16.7. The van der Waals surface area contributed by atoms with Crippen LogP contribution in [0.3, 0.4) is 0 Å². The highest BCUT2D eigenvalue weighted by atomic mass is 35.5. The zero-order chi connectivity index (χ0) is 21.9. The fourth-order valence-electron chi connectivity index (χ4n) is 4.88. The van der Waals surface area contributed by atoms with Gasteiger partial charge in [0, 0.05) is 52.4 Å². The number of amides is 2. The Morgan fingerprint density at radius 1 is 0.719 bits per heavy atom. The summed E-state index contributed by atoms with van der Waals surface area (Å²) in [6.07, 6.45) is 8.75. The molecular formula is C24H46Cl2N4O2. The van der Waals surface area contributed by atoms with Crippen LogP contribution in [0.15, 0.2) is 12.2 Å². The van der Waals surface area contributed by atoms with E-state index in [1.165, 1.54) is 0 Å². The monoisotopic (exact) mass is 492 g/mol. The van der Waals surface area contributed by atoms with Crippen LogP contribution in [0.5, 0.6) is 0 Å². The summed E-state index contributed by atoms with van der Waals surface area (Å²) < 4.78 is 0. The molecule has 0 radical (unpaired) electrons. The van der Waals surface area contributed by atoms with Gasteiger partial charge in [-0.05, 0) is 66.5 Å². The van der Waals surface area contributed by atoms with Crippen LogP contribution in [0.2, 0.25) is 0 Å². The number of rotatable bonds is 10. The number of hydrogen-bond donors (Lipinski definition) is 0. The fraction of sp³-hybridized carbons (Fsp3) is 0.833. The van der Waals surface area contributed by atoms with Crippen LogP contribution >= 0.6 is 24.8 Å². The van der Waals surface area contributed by atoms with E-state index < -0.39 is 0 Å². The molecule has 2 saturated heterocycles. The molecule has 0 bridgehead atoms. The normalized spacial score (nSPS) is 22.1. The summed E-state index contributed by atoms with van der Waals surface area (Å²) in [5.74, 6) is 0.957. The molecular weight excluding hydrogens is 447 g/mol. The molecule has 0 spiro atoms. The van der Waals surface area contributed by atoms with Crippen LogP contribution in [-0.4, -0.2) is 96.9 Å². The first-order valence-electron chi connectivity index (χ1n) is 12.2. The van der Waals surface area contributed by atoms with E-state index in [0.717, 1.165) is 91.1 Å². The Bertz CT molecular complexity index is 520. The number of carbonyl (C=O) groups is 2. The second-order valence-electron chi connectivity index (χ2n) is 8.69. The molecule has 0 aromatic rings. The van der Waals surface area contributed by atoms with Gasteiger partial charge >= 0.3 is 0 Å². The van der Waals surface area contributed by atoms with Crippen molar-refractivity contribution >= 4 is 36.6 Å². The van der Waals surface area contributed by atoms with Crippen molar-refractivity contribution in [2.24, 2.45) is 11.8 Å². The lowest BCUT2D eigenvalue weighted by molar-refractivity contribution is -0.137. The smallest absolute Gasteiger partial charge is 0.226 e. The Labute approximate surface area is 208 Å². The molecule has 0 aromatic heterocycles. The molecule has 6 nitrogen and oxygen atoms in total. The van der Waals surface area contributed by atoms with E-state index in [0.29, 0.717) is 11.8 Å². The van der Waals surface area contributed by atoms with Crippen molar-refractivity contribution < 1.29 is 9.59 Å². The number of piperidine rings is 2. The predicted molar refractivity (Wildman–Crippen MR) is 138 cm³/mol. The number of halogens is 2. The summed E-state index contributed by atoms with van der Waals surface area (Å²) in [6.45, 7) is 17.2. The van der Waals surface area contributed by atoms with Crippen LogP contribution < -0.4 is 0 Å². The van der Waals surface area contributed by atoms with Crippen molar-refractivity contribution in [1.29, 1.82) is 0 Å². The largest absolute Gasteiger partial charge is 0.343 e. The van der Waals surface area contributed by atoms with Gasteiger partial charge in [0.05, 0.1) is 11.8 Å². The summed E-state index contributed by atoms with van der Waals surface area (Å²) >= 11 is 0. The van der Waals surface area contributed by atoms with E-state index in [2.05, 4.69) is 49.6 Å². The van der Waals surface area contributed by atoms with Gasteiger partial charge < -0.3 is 9.80 Å². The molecule has 32 heavy (non-hydrogen) atoms. The Morgan fingerprint density at radius 3 is 1.38 bits per heavy atom. The molecule has 2 fully saturated rings. The van der Waals surface area contributed by atoms with Crippen LogP contribution in [0.25, 0.3) is 0 Å². The standard InChI is InChI=1S/C24H44N4O2.2ClH/c1-5-27(6-2)23(29)21-13-11-17-25(19-21)15-9-10-16-26-18-12-14-22(20-26)24(30)28(7-3)8-4;;/h9-10,21-22H,5-8,11-20H2,1-4H3;2*1H. The van der Waals surface area contributed by atoms with Crippen LogP contribution in [0.1, 0.15) is 53.4 Å². The average Bonchev–Trinajstić information content (AvgIpc) is 2.78. The molecule has 2 aliphatic heterocycles. The molecule has 2 unspecified atom stereocenters. The highest BCUT2D eigenvalue weighted by Gasteiger charge is 2.29. The second-order valence-corrected chi connectivity index (χ2v) is 8.69. The van der Waals surface area contributed by atoms with Crippen molar-refractivity contribution in [3.8, 4) is 0 Å².